The fourth-order valence-corrected chi connectivity index (χ4v) is 0.505. The van der Waals surface area contributed by atoms with Gasteiger partial charge in [-0.25, -0.2) is 0 Å². The first-order chi connectivity index (χ1) is 4.54. The van der Waals surface area contributed by atoms with E-state index in [1.807, 2.05) is 0 Å². The van der Waals surface area contributed by atoms with E-state index in [4.69, 9.17) is 0 Å². The molecule has 1 N–H and O–H groups in total. The highest BCUT2D eigenvalue weighted by atomic mass is 16.3. The molecule has 1 atom stereocenters. The normalized spacial score (nSPS) is 17.2. The summed E-state index contributed by atoms with van der Waals surface area (Å²) in [4.78, 5) is 11.0. The Morgan fingerprint density at radius 3 is 2.50 bits per heavy atom. The molecule has 0 fully saturated rings. The summed E-state index contributed by atoms with van der Waals surface area (Å²) in [5.41, 5.74) is -1.17. The van der Waals surface area contributed by atoms with Crippen molar-refractivity contribution in [1.29, 1.82) is 0 Å². The SMILES string of the molecule is C/C=C/C(=O)C(C)(O)CC. The van der Waals surface area contributed by atoms with Crippen molar-refractivity contribution >= 4 is 5.78 Å². The molecule has 0 spiro atoms. The topological polar surface area (TPSA) is 37.3 Å². The van der Waals surface area contributed by atoms with Crippen molar-refractivity contribution in [2.75, 3.05) is 0 Å². The quantitative estimate of drug-likeness (QED) is 0.603. The van der Waals surface area contributed by atoms with E-state index < -0.39 is 5.60 Å². The molecular formula is C8H14O2. The Balaban J connectivity index is 4.18. The molecule has 0 aliphatic heterocycles. The minimum Gasteiger partial charge on any atom is -0.382 e. The van der Waals surface area contributed by atoms with E-state index in [0.29, 0.717) is 6.42 Å². The van der Waals surface area contributed by atoms with Gasteiger partial charge in [0.05, 0.1) is 0 Å². The fraction of sp³-hybridized carbons (Fsp3) is 0.625. The third-order valence-corrected chi connectivity index (χ3v) is 1.54. The van der Waals surface area contributed by atoms with Gasteiger partial charge in [-0.1, -0.05) is 13.0 Å². The predicted molar refractivity (Wildman–Crippen MR) is 40.7 cm³/mol. The monoisotopic (exact) mass is 142 g/mol. The third-order valence-electron chi connectivity index (χ3n) is 1.54. The smallest absolute Gasteiger partial charge is 0.186 e. The number of hydrogen-bond donors (Lipinski definition) is 1. The van der Waals surface area contributed by atoms with E-state index in [9.17, 15) is 9.90 Å². The van der Waals surface area contributed by atoms with Crippen molar-refractivity contribution < 1.29 is 9.90 Å². The van der Waals surface area contributed by atoms with Crippen LogP contribution in [-0.2, 0) is 4.79 Å². The van der Waals surface area contributed by atoms with E-state index in [1.54, 1.807) is 19.9 Å². The van der Waals surface area contributed by atoms with Crippen molar-refractivity contribution in [2.24, 2.45) is 0 Å². The van der Waals surface area contributed by atoms with Crippen LogP contribution in [0.2, 0.25) is 0 Å². The number of aliphatic hydroxyl groups is 1. The molecule has 0 heterocycles. The average Bonchev–Trinajstić information content (AvgIpc) is 1.89. The molecular weight excluding hydrogens is 128 g/mol. The Bertz CT molecular complexity index is 145. The lowest BCUT2D eigenvalue weighted by molar-refractivity contribution is -0.130. The van der Waals surface area contributed by atoms with Gasteiger partial charge in [0, 0.05) is 0 Å². The molecule has 0 aromatic rings. The largest absolute Gasteiger partial charge is 0.382 e. The molecule has 0 radical (unpaired) electrons. The van der Waals surface area contributed by atoms with E-state index >= 15 is 0 Å². The number of rotatable bonds is 3. The van der Waals surface area contributed by atoms with Crippen LogP contribution in [0, 0.1) is 0 Å². The summed E-state index contributed by atoms with van der Waals surface area (Å²) in [6.07, 6.45) is 3.48. The van der Waals surface area contributed by atoms with Gasteiger partial charge in [0.15, 0.2) is 5.78 Å². The van der Waals surface area contributed by atoms with Gasteiger partial charge in [0.2, 0.25) is 0 Å². The van der Waals surface area contributed by atoms with Gasteiger partial charge in [0.25, 0.3) is 0 Å². The number of carbonyl (C=O) groups excluding carboxylic acids is 1. The molecule has 0 saturated carbocycles. The summed E-state index contributed by atoms with van der Waals surface area (Å²) in [6, 6.07) is 0. The molecule has 0 aliphatic carbocycles. The summed E-state index contributed by atoms with van der Waals surface area (Å²) in [5.74, 6) is -0.225. The zero-order chi connectivity index (χ0) is 8.20. The van der Waals surface area contributed by atoms with Gasteiger partial charge in [0.1, 0.15) is 5.60 Å². The molecule has 0 rings (SSSR count). The Kier molecular flexibility index (Phi) is 3.30. The zero-order valence-electron chi connectivity index (χ0n) is 6.72. The lowest BCUT2D eigenvalue weighted by Crippen LogP contribution is -2.32. The number of ketones is 1. The van der Waals surface area contributed by atoms with Crippen molar-refractivity contribution in [3.05, 3.63) is 12.2 Å². The summed E-state index contributed by atoms with van der Waals surface area (Å²) in [7, 11) is 0. The lowest BCUT2D eigenvalue weighted by atomic mass is 9.98. The number of carbonyl (C=O) groups is 1. The maximum Gasteiger partial charge on any atom is 0.186 e. The van der Waals surface area contributed by atoms with Gasteiger partial charge in [-0.15, -0.1) is 0 Å². The summed E-state index contributed by atoms with van der Waals surface area (Å²) in [5, 5.41) is 9.32. The Hall–Kier alpha value is -0.630. The molecule has 0 aromatic carbocycles. The van der Waals surface area contributed by atoms with Crippen LogP contribution in [0.15, 0.2) is 12.2 Å². The highest BCUT2D eigenvalue weighted by molar-refractivity contribution is 5.96. The number of allylic oxidation sites excluding steroid dienone is 1. The van der Waals surface area contributed by atoms with Gasteiger partial charge in [-0.05, 0) is 26.3 Å². The molecule has 1 unspecified atom stereocenters. The molecule has 10 heavy (non-hydrogen) atoms. The Labute approximate surface area is 61.6 Å². The average molecular weight is 142 g/mol. The maximum atomic E-state index is 11.0. The van der Waals surface area contributed by atoms with Gasteiger partial charge in [-0.2, -0.15) is 0 Å². The first-order valence-corrected chi connectivity index (χ1v) is 3.44. The van der Waals surface area contributed by atoms with Crippen LogP contribution in [0.1, 0.15) is 27.2 Å². The zero-order valence-corrected chi connectivity index (χ0v) is 6.72. The van der Waals surface area contributed by atoms with Crippen LogP contribution in [0.25, 0.3) is 0 Å². The van der Waals surface area contributed by atoms with Crippen molar-refractivity contribution in [1.82, 2.24) is 0 Å². The second-order valence-corrected chi connectivity index (χ2v) is 2.49. The summed E-state index contributed by atoms with van der Waals surface area (Å²) < 4.78 is 0. The van der Waals surface area contributed by atoms with E-state index in [1.165, 1.54) is 13.0 Å². The van der Waals surface area contributed by atoms with Crippen LogP contribution in [0.4, 0.5) is 0 Å². The van der Waals surface area contributed by atoms with Crippen molar-refractivity contribution in [3.8, 4) is 0 Å². The predicted octanol–water partition coefficient (Wildman–Crippen LogP) is 1.29. The van der Waals surface area contributed by atoms with Gasteiger partial charge < -0.3 is 5.11 Å². The summed E-state index contributed by atoms with van der Waals surface area (Å²) >= 11 is 0. The van der Waals surface area contributed by atoms with Crippen molar-refractivity contribution in [3.63, 3.8) is 0 Å². The van der Waals surface area contributed by atoms with Crippen LogP contribution in [0.5, 0.6) is 0 Å². The van der Waals surface area contributed by atoms with E-state index in [-0.39, 0.29) is 5.78 Å². The molecule has 0 aliphatic rings. The maximum absolute atomic E-state index is 11.0. The lowest BCUT2D eigenvalue weighted by Gasteiger charge is -2.16. The number of hydrogen-bond acceptors (Lipinski definition) is 2. The Morgan fingerprint density at radius 2 is 2.20 bits per heavy atom. The highest BCUT2D eigenvalue weighted by Gasteiger charge is 2.24. The van der Waals surface area contributed by atoms with Gasteiger partial charge in [-0.3, -0.25) is 4.79 Å². The second-order valence-electron chi connectivity index (χ2n) is 2.49. The highest BCUT2D eigenvalue weighted by Crippen LogP contribution is 2.09. The second kappa shape index (κ2) is 3.52. The van der Waals surface area contributed by atoms with E-state index in [2.05, 4.69) is 0 Å². The molecule has 0 bridgehead atoms. The van der Waals surface area contributed by atoms with Gasteiger partial charge >= 0.3 is 0 Å². The van der Waals surface area contributed by atoms with Crippen molar-refractivity contribution in [2.45, 2.75) is 32.8 Å². The van der Waals surface area contributed by atoms with Crippen LogP contribution >= 0.6 is 0 Å². The molecule has 58 valence electrons. The minimum atomic E-state index is -1.17. The molecule has 2 heteroatoms. The van der Waals surface area contributed by atoms with Crippen LogP contribution in [0.3, 0.4) is 0 Å². The standard InChI is InChI=1S/C8H14O2/c1-4-6-7(9)8(3,10)5-2/h4,6,10H,5H2,1-3H3/b6-4+. The fourth-order valence-electron chi connectivity index (χ4n) is 0.505. The van der Waals surface area contributed by atoms with Crippen LogP contribution in [-0.4, -0.2) is 16.5 Å². The summed E-state index contributed by atoms with van der Waals surface area (Å²) in [6.45, 7) is 5.06. The molecule has 0 aromatic heterocycles. The molecule has 2 nitrogen and oxygen atoms in total. The first kappa shape index (κ1) is 9.37. The van der Waals surface area contributed by atoms with E-state index in [0.717, 1.165) is 0 Å². The van der Waals surface area contributed by atoms with Crippen LogP contribution < -0.4 is 0 Å². The third kappa shape index (κ3) is 2.31. The minimum absolute atomic E-state index is 0.225. The molecule has 0 saturated heterocycles. The molecule has 0 amide bonds. The Morgan fingerprint density at radius 1 is 1.70 bits per heavy atom. The first-order valence-electron chi connectivity index (χ1n) is 3.44.